The molecule has 4 N–H and O–H groups in total. The Morgan fingerprint density at radius 1 is 1.19 bits per heavy atom. The van der Waals surface area contributed by atoms with Crippen LogP contribution in [0, 0.1) is 11.6 Å². The maximum atomic E-state index is 14.8. The zero-order valence-electron chi connectivity index (χ0n) is 17.0. The highest BCUT2D eigenvalue weighted by Gasteiger charge is 2.31. The number of aryl methyl sites for hydroxylation is 1. The molecule has 3 aliphatic rings. The maximum absolute atomic E-state index is 14.8. The third-order valence-corrected chi connectivity index (χ3v) is 5.50. The van der Waals surface area contributed by atoms with Gasteiger partial charge in [-0.3, -0.25) is 20.1 Å². The Balaban J connectivity index is 1.47. The Labute approximate surface area is 178 Å². The summed E-state index contributed by atoms with van der Waals surface area (Å²) < 4.78 is 30.9. The van der Waals surface area contributed by atoms with E-state index in [2.05, 4.69) is 25.7 Å². The van der Waals surface area contributed by atoms with Crippen molar-refractivity contribution in [2.24, 2.45) is 17.9 Å². The highest BCUT2D eigenvalue weighted by molar-refractivity contribution is 5.77. The number of nitrogens with two attached hydrogens (primary N) is 1. The van der Waals surface area contributed by atoms with Crippen LogP contribution in [0.1, 0.15) is 11.1 Å². The van der Waals surface area contributed by atoms with Gasteiger partial charge in [0.15, 0.2) is 11.6 Å². The average Bonchev–Trinajstić information content (AvgIpc) is 3.35. The summed E-state index contributed by atoms with van der Waals surface area (Å²) in [6.07, 6.45) is 6.75. The zero-order chi connectivity index (χ0) is 21.5. The molecule has 11 heteroatoms. The molecule has 0 atom stereocenters. The minimum atomic E-state index is -0.860. The lowest BCUT2D eigenvalue weighted by molar-refractivity contribution is 0.296. The van der Waals surface area contributed by atoms with Gasteiger partial charge in [0, 0.05) is 68.5 Å². The Bertz CT molecular complexity index is 1100. The second-order valence-corrected chi connectivity index (χ2v) is 7.67. The van der Waals surface area contributed by atoms with E-state index in [0.717, 1.165) is 37.4 Å². The van der Waals surface area contributed by atoms with E-state index < -0.39 is 11.6 Å². The van der Waals surface area contributed by atoms with Gasteiger partial charge in [0.25, 0.3) is 0 Å². The lowest BCUT2D eigenvalue weighted by Crippen LogP contribution is -2.43. The van der Waals surface area contributed by atoms with Gasteiger partial charge in [-0.25, -0.2) is 19.6 Å². The van der Waals surface area contributed by atoms with E-state index in [4.69, 9.17) is 5.84 Å². The number of fused-ring (bicyclic) bond motifs is 1. The highest BCUT2D eigenvalue weighted by Crippen LogP contribution is 2.34. The predicted molar refractivity (Wildman–Crippen MR) is 113 cm³/mol. The summed E-state index contributed by atoms with van der Waals surface area (Å²) >= 11 is 0. The van der Waals surface area contributed by atoms with Gasteiger partial charge in [-0.2, -0.15) is 5.10 Å². The Morgan fingerprint density at radius 3 is 2.74 bits per heavy atom. The molecule has 3 aliphatic heterocycles. The summed E-state index contributed by atoms with van der Waals surface area (Å²) in [6, 6.07) is 2.97. The topological polar surface area (TPSA) is 90.0 Å². The van der Waals surface area contributed by atoms with Crippen molar-refractivity contribution in [2.75, 3.05) is 31.1 Å². The number of anilines is 1. The van der Waals surface area contributed by atoms with E-state index in [0.29, 0.717) is 17.1 Å². The molecule has 0 amide bonds. The molecule has 1 aromatic carbocycles. The second kappa shape index (κ2) is 7.67. The van der Waals surface area contributed by atoms with Gasteiger partial charge in [0.05, 0.1) is 18.4 Å². The fourth-order valence-corrected chi connectivity index (χ4v) is 3.96. The first-order valence-corrected chi connectivity index (χ1v) is 10.00. The van der Waals surface area contributed by atoms with Gasteiger partial charge >= 0.3 is 0 Å². The molecule has 0 unspecified atom stereocenters. The van der Waals surface area contributed by atoms with E-state index in [1.165, 1.54) is 17.4 Å². The molecule has 5 rings (SSSR count). The predicted octanol–water partition coefficient (Wildman–Crippen LogP) is 0.856. The SMILES string of the molecule is Cn1cc(C2=C3N=CN(N)C=C3N(Cc3cc(N4CCNCC4)cc(F)c3F)N2)cn1. The van der Waals surface area contributed by atoms with Crippen molar-refractivity contribution in [1.82, 2.24) is 30.5 Å². The summed E-state index contributed by atoms with van der Waals surface area (Å²) in [4.78, 5) is 6.48. The molecule has 0 bridgehead atoms. The van der Waals surface area contributed by atoms with Crippen LogP contribution < -0.4 is 21.5 Å². The molecule has 1 fully saturated rings. The van der Waals surface area contributed by atoms with Crippen LogP contribution in [0.3, 0.4) is 0 Å². The van der Waals surface area contributed by atoms with Crippen molar-refractivity contribution in [1.29, 1.82) is 0 Å². The molecule has 9 nitrogen and oxygen atoms in total. The quantitative estimate of drug-likeness (QED) is 0.624. The van der Waals surface area contributed by atoms with Crippen LogP contribution in [0.2, 0.25) is 0 Å². The molecular formula is C20H23F2N9. The Morgan fingerprint density at radius 2 is 2.00 bits per heavy atom. The van der Waals surface area contributed by atoms with Crippen LogP contribution in [0.25, 0.3) is 5.70 Å². The average molecular weight is 427 g/mol. The van der Waals surface area contributed by atoms with Crippen molar-refractivity contribution in [3.05, 3.63) is 64.9 Å². The number of hydrogen-bond acceptors (Lipinski definition) is 8. The van der Waals surface area contributed by atoms with Crippen molar-refractivity contribution >= 4 is 17.7 Å². The van der Waals surface area contributed by atoms with Crippen molar-refractivity contribution in [2.45, 2.75) is 6.54 Å². The van der Waals surface area contributed by atoms with E-state index in [9.17, 15) is 8.78 Å². The van der Waals surface area contributed by atoms with Gasteiger partial charge in [0.1, 0.15) is 17.7 Å². The third kappa shape index (κ3) is 3.62. The maximum Gasteiger partial charge on any atom is 0.164 e. The standard InChI is InChI=1S/C20H23F2N9/c1-28-9-14(8-26-28)19-20-17(11-30(23)12-25-20)31(27-19)10-13-6-15(7-16(21)18(13)22)29-4-2-24-3-5-29/h6-9,11-12,24,27H,2-5,10,23H2,1H3. The number of rotatable bonds is 4. The molecule has 0 aliphatic carbocycles. The smallest absolute Gasteiger partial charge is 0.164 e. The number of aliphatic imine (C=N–C) groups is 1. The molecule has 0 saturated carbocycles. The lowest BCUT2D eigenvalue weighted by Gasteiger charge is -2.30. The Kier molecular flexibility index (Phi) is 4.83. The highest BCUT2D eigenvalue weighted by atomic mass is 19.2. The fraction of sp³-hybridized carbons (Fsp3) is 0.300. The number of nitrogens with zero attached hydrogens (tertiary/aromatic N) is 6. The molecule has 4 heterocycles. The minimum absolute atomic E-state index is 0.0884. The second-order valence-electron chi connectivity index (χ2n) is 7.67. The zero-order valence-corrected chi connectivity index (χ0v) is 17.0. The number of benzene rings is 1. The molecule has 162 valence electrons. The van der Waals surface area contributed by atoms with Crippen LogP contribution in [0.4, 0.5) is 14.5 Å². The molecule has 2 aromatic rings. The van der Waals surface area contributed by atoms with E-state index in [-0.39, 0.29) is 12.1 Å². The summed E-state index contributed by atoms with van der Waals surface area (Å²) in [5, 5.41) is 10.5. The monoisotopic (exact) mass is 427 g/mol. The van der Waals surface area contributed by atoms with Crippen molar-refractivity contribution < 1.29 is 8.78 Å². The number of hydrogen-bond donors (Lipinski definition) is 3. The summed E-state index contributed by atoms with van der Waals surface area (Å²) in [5.74, 6) is 4.16. The van der Waals surface area contributed by atoms with Crippen LogP contribution in [-0.2, 0) is 13.6 Å². The third-order valence-electron chi connectivity index (χ3n) is 5.50. The number of aromatic nitrogens is 2. The number of nitrogens with one attached hydrogen (secondary N) is 2. The van der Waals surface area contributed by atoms with E-state index >= 15 is 0 Å². The molecule has 0 radical (unpaired) electrons. The van der Waals surface area contributed by atoms with E-state index in [1.807, 2.05) is 13.2 Å². The number of piperazine rings is 1. The van der Waals surface area contributed by atoms with Crippen LogP contribution in [-0.4, -0.2) is 52.3 Å². The Hall–Kier alpha value is -3.44. The molecule has 0 spiro atoms. The normalized spacial score (nSPS) is 18.5. The molecule has 1 aromatic heterocycles. The van der Waals surface area contributed by atoms with Crippen LogP contribution in [0.15, 0.2) is 47.1 Å². The fourth-order valence-electron chi connectivity index (χ4n) is 3.96. The lowest BCUT2D eigenvalue weighted by atomic mass is 10.1. The van der Waals surface area contributed by atoms with Gasteiger partial charge in [-0.05, 0) is 6.07 Å². The minimum Gasteiger partial charge on any atom is -0.369 e. The van der Waals surface area contributed by atoms with E-state index in [1.54, 1.807) is 28.2 Å². The van der Waals surface area contributed by atoms with Crippen molar-refractivity contribution in [3.63, 3.8) is 0 Å². The molecular weight excluding hydrogens is 404 g/mol. The van der Waals surface area contributed by atoms with Gasteiger partial charge in [-0.15, -0.1) is 0 Å². The van der Waals surface area contributed by atoms with Gasteiger partial charge in [-0.1, -0.05) is 0 Å². The van der Waals surface area contributed by atoms with Gasteiger partial charge in [0.2, 0.25) is 0 Å². The van der Waals surface area contributed by atoms with Crippen LogP contribution >= 0.6 is 0 Å². The first-order chi connectivity index (χ1) is 15.0. The first-order valence-electron chi connectivity index (χ1n) is 10.00. The first kappa shape index (κ1) is 19.5. The summed E-state index contributed by atoms with van der Waals surface area (Å²) in [6.45, 7) is 3.18. The summed E-state index contributed by atoms with van der Waals surface area (Å²) in [7, 11) is 1.82. The number of hydrazine groups is 2. The summed E-state index contributed by atoms with van der Waals surface area (Å²) in [5.41, 5.74) is 7.05. The largest absolute Gasteiger partial charge is 0.369 e. The van der Waals surface area contributed by atoms with Crippen molar-refractivity contribution in [3.8, 4) is 0 Å². The van der Waals surface area contributed by atoms with Crippen LogP contribution in [0.5, 0.6) is 0 Å². The van der Waals surface area contributed by atoms with Gasteiger partial charge < -0.3 is 10.2 Å². The number of halogens is 2. The molecule has 31 heavy (non-hydrogen) atoms. The molecule has 1 saturated heterocycles.